The van der Waals surface area contributed by atoms with Gasteiger partial charge in [-0.05, 0) is 38.9 Å². The second-order valence-corrected chi connectivity index (χ2v) is 4.53. The first-order chi connectivity index (χ1) is 7.78. The van der Waals surface area contributed by atoms with Gasteiger partial charge in [-0.1, -0.05) is 5.16 Å². The Morgan fingerprint density at radius 3 is 2.88 bits per heavy atom. The Morgan fingerprint density at radius 1 is 1.44 bits per heavy atom. The third-order valence-electron chi connectivity index (χ3n) is 3.15. The Balaban J connectivity index is 1.83. The Hall–Kier alpha value is -0.940. The van der Waals surface area contributed by atoms with E-state index in [0.717, 1.165) is 25.4 Å². The maximum Gasteiger partial charge on any atom is 0.226 e. The summed E-state index contributed by atoms with van der Waals surface area (Å²) in [5, 5.41) is 12.6. The number of hydrogen-bond acceptors (Lipinski definition) is 5. The Kier molecular flexibility index (Phi) is 3.90. The van der Waals surface area contributed by atoms with Gasteiger partial charge in [-0.2, -0.15) is 4.98 Å². The predicted molar refractivity (Wildman–Crippen MR) is 59.0 cm³/mol. The molecule has 1 saturated heterocycles. The molecule has 0 radical (unpaired) electrons. The van der Waals surface area contributed by atoms with E-state index in [4.69, 9.17) is 9.63 Å². The third-order valence-corrected chi connectivity index (χ3v) is 3.15. The molecule has 0 saturated carbocycles. The summed E-state index contributed by atoms with van der Waals surface area (Å²) >= 11 is 0. The van der Waals surface area contributed by atoms with E-state index in [1.165, 1.54) is 12.8 Å². The lowest BCUT2D eigenvalue weighted by Gasteiger charge is -2.27. The molecule has 1 aromatic heterocycles. The molecule has 16 heavy (non-hydrogen) atoms. The largest absolute Gasteiger partial charge is 0.396 e. The Labute approximate surface area is 95.4 Å². The fourth-order valence-electron chi connectivity index (χ4n) is 2.09. The van der Waals surface area contributed by atoms with Crippen LogP contribution in [-0.2, 0) is 12.8 Å². The van der Waals surface area contributed by atoms with E-state index in [0.29, 0.717) is 18.2 Å². The lowest BCUT2D eigenvalue weighted by molar-refractivity contribution is 0.208. The quantitative estimate of drug-likeness (QED) is 0.808. The predicted octanol–water partition coefficient (Wildman–Crippen LogP) is 0.489. The number of nitrogens with zero attached hydrogens (tertiary/aromatic N) is 3. The van der Waals surface area contributed by atoms with Gasteiger partial charge in [0, 0.05) is 12.8 Å². The molecule has 0 aliphatic carbocycles. The maximum absolute atomic E-state index is 8.75. The standard InChI is InChI=1S/C11H19N3O2/c1-14-5-2-9(3-6-14)8-11-12-10(4-7-15)13-16-11/h9,15H,2-8H2,1H3. The summed E-state index contributed by atoms with van der Waals surface area (Å²) in [4.78, 5) is 6.61. The molecule has 1 aliphatic heterocycles. The van der Waals surface area contributed by atoms with Gasteiger partial charge in [-0.3, -0.25) is 0 Å². The summed E-state index contributed by atoms with van der Waals surface area (Å²) < 4.78 is 5.16. The summed E-state index contributed by atoms with van der Waals surface area (Å²) in [5.41, 5.74) is 0. The number of piperidine rings is 1. The van der Waals surface area contributed by atoms with Crippen LogP contribution in [-0.4, -0.2) is 46.9 Å². The SMILES string of the molecule is CN1CCC(Cc2nc(CCO)no2)CC1. The lowest BCUT2D eigenvalue weighted by Crippen LogP contribution is -2.30. The zero-order chi connectivity index (χ0) is 11.4. The number of likely N-dealkylation sites (tertiary alicyclic amines) is 1. The van der Waals surface area contributed by atoms with Crippen LogP contribution < -0.4 is 0 Å². The highest BCUT2D eigenvalue weighted by Gasteiger charge is 2.19. The molecule has 0 unspecified atom stereocenters. The molecule has 0 amide bonds. The monoisotopic (exact) mass is 225 g/mol. The van der Waals surface area contributed by atoms with Crippen molar-refractivity contribution >= 4 is 0 Å². The molecule has 0 atom stereocenters. The van der Waals surface area contributed by atoms with Gasteiger partial charge in [0.15, 0.2) is 5.82 Å². The molecule has 90 valence electrons. The molecule has 0 spiro atoms. The molecule has 5 heteroatoms. The number of aromatic nitrogens is 2. The van der Waals surface area contributed by atoms with E-state index < -0.39 is 0 Å². The minimum Gasteiger partial charge on any atom is -0.396 e. The molecule has 0 aromatic carbocycles. The summed E-state index contributed by atoms with van der Waals surface area (Å²) in [6.45, 7) is 2.39. The molecule has 2 heterocycles. The summed E-state index contributed by atoms with van der Waals surface area (Å²) in [7, 11) is 2.16. The van der Waals surface area contributed by atoms with Crippen LogP contribution in [0.25, 0.3) is 0 Å². The van der Waals surface area contributed by atoms with Gasteiger partial charge in [0.1, 0.15) is 0 Å². The van der Waals surface area contributed by atoms with Crippen molar-refractivity contribution in [3.63, 3.8) is 0 Å². The molecule has 1 aromatic rings. The molecular weight excluding hydrogens is 206 g/mol. The highest BCUT2D eigenvalue weighted by molar-refractivity contribution is 4.89. The number of aliphatic hydroxyl groups is 1. The van der Waals surface area contributed by atoms with Crippen LogP contribution in [0.4, 0.5) is 0 Å². The highest BCUT2D eigenvalue weighted by Crippen LogP contribution is 2.19. The molecule has 2 rings (SSSR count). The first-order valence-corrected chi connectivity index (χ1v) is 5.89. The van der Waals surface area contributed by atoms with E-state index >= 15 is 0 Å². The van der Waals surface area contributed by atoms with Crippen LogP contribution in [0, 0.1) is 5.92 Å². The fraction of sp³-hybridized carbons (Fsp3) is 0.818. The fourth-order valence-corrected chi connectivity index (χ4v) is 2.09. The first-order valence-electron chi connectivity index (χ1n) is 5.89. The van der Waals surface area contributed by atoms with Crippen molar-refractivity contribution in [2.24, 2.45) is 5.92 Å². The van der Waals surface area contributed by atoms with Crippen LogP contribution >= 0.6 is 0 Å². The molecule has 1 fully saturated rings. The van der Waals surface area contributed by atoms with E-state index in [9.17, 15) is 0 Å². The second kappa shape index (κ2) is 5.41. The Bertz CT molecular complexity index is 319. The van der Waals surface area contributed by atoms with E-state index in [1.807, 2.05) is 0 Å². The minimum absolute atomic E-state index is 0.0766. The van der Waals surface area contributed by atoms with Crippen LogP contribution in [0.15, 0.2) is 4.52 Å². The van der Waals surface area contributed by atoms with Crippen molar-refractivity contribution < 1.29 is 9.63 Å². The number of rotatable bonds is 4. The van der Waals surface area contributed by atoms with Gasteiger partial charge in [-0.25, -0.2) is 0 Å². The number of aliphatic hydroxyl groups excluding tert-OH is 1. The molecule has 5 nitrogen and oxygen atoms in total. The highest BCUT2D eigenvalue weighted by atomic mass is 16.5. The van der Waals surface area contributed by atoms with Gasteiger partial charge in [0.25, 0.3) is 0 Å². The van der Waals surface area contributed by atoms with Crippen molar-refractivity contribution in [1.29, 1.82) is 0 Å². The summed E-state index contributed by atoms with van der Waals surface area (Å²) in [6.07, 6.45) is 3.77. The smallest absolute Gasteiger partial charge is 0.226 e. The zero-order valence-electron chi connectivity index (χ0n) is 9.72. The van der Waals surface area contributed by atoms with Crippen molar-refractivity contribution in [3.8, 4) is 0 Å². The average molecular weight is 225 g/mol. The van der Waals surface area contributed by atoms with Gasteiger partial charge in [-0.15, -0.1) is 0 Å². The summed E-state index contributed by atoms with van der Waals surface area (Å²) in [5.74, 6) is 2.00. The van der Waals surface area contributed by atoms with Gasteiger partial charge in [0.2, 0.25) is 5.89 Å². The van der Waals surface area contributed by atoms with Crippen molar-refractivity contribution in [1.82, 2.24) is 15.0 Å². The normalized spacial score (nSPS) is 19.1. The molecule has 1 aliphatic rings. The number of hydrogen-bond donors (Lipinski definition) is 1. The third kappa shape index (κ3) is 3.02. The minimum atomic E-state index is 0.0766. The first kappa shape index (κ1) is 11.5. The summed E-state index contributed by atoms with van der Waals surface area (Å²) in [6, 6.07) is 0. The van der Waals surface area contributed by atoms with Gasteiger partial charge in [0.05, 0.1) is 6.61 Å². The molecular formula is C11H19N3O2. The van der Waals surface area contributed by atoms with E-state index in [2.05, 4.69) is 22.1 Å². The zero-order valence-corrected chi connectivity index (χ0v) is 9.72. The van der Waals surface area contributed by atoms with Crippen LogP contribution in [0.2, 0.25) is 0 Å². The van der Waals surface area contributed by atoms with E-state index in [1.54, 1.807) is 0 Å². The van der Waals surface area contributed by atoms with Gasteiger partial charge >= 0.3 is 0 Å². The molecule has 1 N–H and O–H groups in total. The van der Waals surface area contributed by atoms with Gasteiger partial charge < -0.3 is 14.5 Å². The van der Waals surface area contributed by atoms with E-state index in [-0.39, 0.29) is 6.61 Å². The van der Waals surface area contributed by atoms with Crippen LogP contribution in [0.1, 0.15) is 24.6 Å². The molecule has 0 bridgehead atoms. The van der Waals surface area contributed by atoms with Crippen molar-refractivity contribution in [3.05, 3.63) is 11.7 Å². The van der Waals surface area contributed by atoms with Crippen molar-refractivity contribution in [2.45, 2.75) is 25.7 Å². The van der Waals surface area contributed by atoms with Crippen LogP contribution in [0.5, 0.6) is 0 Å². The second-order valence-electron chi connectivity index (χ2n) is 4.53. The topological polar surface area (TPSA) is 62.4 Å². The Morgan fingerprint density at radius 2 is 2.19 bits per heavy atom. The average Bonchev–Trinajstić information content (AvgIpc) is 2.70. The van der Waals surface area contributed by atoms with Crippen LogP contribution in [0.3, 0.4) is 0 Å². The maximum atomic E-state index is 8.75. The van der Waals surface area contributed by atoms with Crippen molar-refractivity contribution in [2.75, 3.05) is 26.7 Å². The lowest BCUT2D eigenvalue weighted by atomic mass is 9.94.